The van der Waals surface area contributed by atoms with Crippen molar-refractivity contribution in [3.63, 3.8) is 0 Å². The first kappa shape index (κ1) is 20.4. The highest BCUT2D eigenvalue weighted by molar-refractivity contribution is 7.21. The molecule has 0 bridgehead atoms. The third kappa shape index (κ3) is 4.06. The second-order valence-electron chi connectivity index (χ2n) is 6.68. The van der Waals surface area contributed by atoms with Crippen LogP contribution in [0, 0.1) is 0 Å². The van der Waals surface area contributed by atoms with Gasteiger partial charge in [0.15, 0.2) is 0 Å². The Bertz CT molecular complexity index is 1170. The molecule has 1 unspecified atom stereocenters. The zero-order valence-electron chi connectivity index (χ0n) is 15.4. The van der Waals surface area contributed by atoms with E-state index in [1.165, 1.54) is 6.07 Å². The zero-order valence-corrected chi connectivity index (χ0v) is 17.1. The number of benzene rings is 2. The number of hydrogen-bond donors (Lipinski definition) is 2. The standard InChI is InChI=1S/C22H16F3NO2S2/c23-22(24,25)14-8-9-18-15(11-14)19(27)20(30-18)21(28)26-12-16(17-7-4-10-29-17)13-5-2-1-3-6-13/h1-11,16,27H,12H2,(H,26,28). The second-order valence-corrected chi connectivity index (χ2v) is 8.71. The van der Waals surface area contributed by atoms with Gasteiger partial charge in [-0.25, -0.2) is 0 Å². The van der Waals surface area contributed by atoms with E-state index in [4.69, 9.17) is 0 Å². The number of rotatable bonds is 5. The molecule has 2 aromatic carbocycles. The van der Waals surface area contributed by atoms with Crippen LogP contribution in [0.5, 0.6) is 5.75 Å². The fraction of sp³-hybridized carbons (Fsp3) is 0.136. The fourth-order valence-corrected chi connectivity index (χ4v) is 5.10. The molecule has 2 aromatic heterocycles. The summed E-state index contributed by atoms with van der Waals surface area (Å²) >= 11 is 2.55. The Morgan fingerprint density at radius 3 is 2.50 bits per heavy atom. The third-order valence-electron chi connectivity index (χ3n) is 4.75. The van der Waals surface area contributed by atoms with Crippen LogP contribution >= 0.6 is 22.7 Å². The normalized spacial score (nSPS) is 12.8. The average Bonchev–Trinajstić information content (AvgIpc) is 3.36. The summed E-state index contributed by atoms with van der Waals surface area (Å²) in [5.74, 6) is -1.01. The Hall–Kier alpha value is -2.84. The van der Waals surface area contributed by atoms with Gasteiger partial charge < -0.3 is 10.4 Å². The van der Waals surface area contributed by atoms with E-state index in [2.05, 4.69) is 5.32 Å². The predicted octanol–water partition coefficient (Wildman–Crippen LogP) is 6.25. The molecule has 30 heavy (non-hydrogen) atoms. The molecule has 154 valence electrons. The molecule has 0 aliphatic rings. The van der Waals surface area contributed by atoms with E-state index in [9.17, 15) is 23.1 Å². The summed E-state index contributed by atoms with van der Waals surface area (Å²) in [4.78, 5) is 13.8. The number of amides is 1. The summed E-state index contributed by atoms with van der Waals surface area (Å²) < 4.78 is 39.3. The van der Waals surface area contributed by atoms with Crippen LogP contribution in [0.3, 0.4) is 0 Å². The number of aromatic hydroxyl groups is 1. The Morgan fingerprint density at radius 1 is 1.07 bits per heavy atom. The quantitative estimate of drug-likeness (QED) is 0.380. The zero-order chi connectivity index (χ0) is 21.3. The van der Waals surface area contributed by atoms with Crippen molar-refractivity contribution in [3.8, 4) is 5.75 Å². The maximum absolute atomic E-state index is 13.0. The maximum atomic E-state index is 13.0. The van der Waals surface area contributed by atoms with Gasteiger partial charge in [-0.1, -0.05) is 36.4 Å². The molecule has 1 atom stereocenters. The van der Waals surface area contributed by atoms with E-state index in [0.29, 0.717) is 11.2 Å². The van der Waals surface area contributed by atoms with Crippen molar-refractivity contribution in [1.29, 1.82) is 0 Å². The molecule has 4 rings (SSSR count). The van der Waals surface area contributed by atoms with Gasteiger partial charge in [0.25, 0.3) is 5.91 Å². The Kier molecular flexibility index (Phi) is 5.53. The lowest BCUT2D eigenvalue weighted by Crippen LogP contribution is -2.28. The van der Waals surface area contributed by atoms with Crippen LogP contribution in [0.25, 0.3) is 10.1 Å². The van der Waals surface area contributed by atoms with E-state index in [0.717, 1.165) is 33.9 Å². The molecule has 0 radical (unpaired) electrons. The van der Waals surface area contributed by atoms with Gasteiger partial charge >= 0.3 is 6.18 Å². The molecule has 0 aliphatic carbocycles. The second kappa shape index (κ2) is 8.12. The molecular formula is C22H16F3NO2S2. The van der Waals surface area contributed by atoms with Crippen LogP contribution in [0.15, 0.2) is 66.0 Å². The summed E-state index contributed by atoms with van der Waals surface area (Å²) in [6, 6.07) is 16.7. The molecule has 0 saturated carbocycles. The van der Waals surface area contributed by atoms with E-state index >= 15 is 0 Å². The van der Waals surface area contributed by atoms with Gasteiger partial charge in [0.1, 0.15) is 10.6 Å². The highest BCUT2D eigenvalue weighted by Crippen LogP contribution is 2.40. The van der Waals surface area contributed by atoms with Gasteiger partial charge in [-0.05, 0) is 35.2 Å². The van der Waals surface area contributed by atoms with Crippen LogP contribution in [0.2, 0.25) is 0 Å². The molecule has 0 aliphatic heterocycles. The highest BCUT2D eigenvalue weighted by atomic mass is 32.1. The molecule has 8 heteroatoms. The Balaban J connectivity index is 1.59. The Morgan fingerprint density at radius 2 is 1.83 bits per heavy atom. The molecule has 0 fully saturated rings. The minimum Gasteiger partial charge on any atom is -0.506 e. The summed E-state index contributed by atoms with van der Waals surface area (Å²) in [6.45, 7) is 0.296. The van der Waals surface area contributed by atoms with Crippen molar-refractivity contribution in [2.45, 2.75) is 12.1 Å². The Labute approximate surface area is 178 Å². The van der Waals surface area contributed by atoms with Crippen LogP contribution < -0.4 is 5.32 Å². The monoisotopic (exact) mass is 447 g/mol. The number of thiophene rings is 2. The fourth-order valence-electron chi connectivity index (χ4n) is 3.25. The molecule has 2 N–H and O–H groups in total. The van der Waals surface area contributed by atoms with E-state index in [1.807, 2.05) is 47.8 Å². The number of alkyl halides is 3. The topological polar surface area (TPSA) is 49.3 Å². The van der Waals surface area contributed by atoms with Gasteiger partial charge in [-0.15, -0.1) is 22.7 Å². The number of hydrogen-bond acceptors (Lipinski definition) is 4. The lowest BCUT2D eigenvalue weighted by atomic mass is 9.97. The van der Waals surface area contributed by atoms with Crippen LogP contribution in [0.1, 0.15) is 31.6 Å². The molecule has 2 heterocycles. The molecule has 3 nitrogen and oxygen atoms in total. The summed E-state index contributed by atoms with van der Waals surface area (Å²) in [7, 11) is 0. The first-order valence-corrected chi connectivity index (χ1v) is 10.7. The SMILES string of the molecule is O=C(NCC(c1ccccc1)c1cccs1)c1sc2ccc(C(F)(F)F)cc2c1O. The van der Waals surface area contributed by atoms with Gasteiger partial charge in [0.2, 0.25) is 0 Å². The largest absolute Gasteiger partial charge is 0.506 e. The summed E-state index contributed by atoms with van der Waals surface area (Å²) in [6.07, 6.45) is -4.52. The lowest BCUT2D eigenvalue weighted by molar-refractivity contribution is -0.137. The van der Waals surface area contributed by atoms with Crippen LogP contribution in [-0.4, -0.2) is 17.6 Å². The third-order valence-corrected chi connectivity index (χ3v) is 6.90. The lowest BCUT2D eigenvalue weighted by Gasteiger charge is -2.16. The molecule has 0 spiro atoms. The minimum absolute atomic E-state index is 0.00214. The van der Waals surface area contributed by atoms with Crippen molar-refractivity contribution in [1.82, 2.24) is 5.32 Å². The molecular weight excluding hydrogens is 431 g/mol. The van der Waals surface area contributed by atoms with Gasteiger partial charge in [-0.3, -0.25) is 4.79 Å². The predicted molar refractivity (Wildman–Crippen MR) is 113 cm³/mol. The van der Waals surface area contributed by atoms with Crippen molar-refractivity contribution < 1.29 is 23.1 Å². The molecule has 0 saturated heterocycles. The first-order chi connectivity index (χ1) is 14.3. The van der Waals surface area contributed by atoms with Crippen LogP contribution in [-0.2, 0) is 6.18 Å². The number of nitrogens with one attached hydrogen (secondary N) is 1. The number of carbonyl (C=O) groups is 1. The van der Waals surface area contributed by atoms with Crippen molar-refractivity contribution >= 4 is 38.7 Å². The van der Waals surface area contributed by atoms with Crippen LogP contribution in [0.4, 0.5) is 13.2 Å². The number of fused-ring (bicyclic) bond motifs is 1. The van der Waals surface area contributed by atoms with Gasteiger partial charge in [0, 0.05) is 27.4 Å². The highest BCUT2D eigenvalue weighted by Gasteiger charge is 2.31. The average molecular weight is 448 g/mol. The van der Waals surface area contributed by atoms with Gasteiger partial charge in [0.05, 0.1) is 5.56 Å². The maximum Gasteiger partial charge on any atom is 0.416 e. The molecule has 1 amide bonds. The number of carbonyl (C=O) groups excluding carboxylic acids is 1. The number of halogens is 3. The molecule has 4 aromatic rings. The smallest absolute Gasteiger partial charge is 0.416 e. The van der Waals surface area contributed by atoms with Crippen molar-refractivity contribution in [2.75, 3.05) is 6.54 Å². The summed E-state index contributed by atoms with van der Waals surface area (Å²) in [5.41, 5.74) is 0.174. The first-order valence-electron chi connectivity index (χ1n) is 9.04. The van der Waals surface area contributed by atoms with Crippen molar-refractivity contribution in [2.24, 2.45) is 0 Å². The van der Waals surface area contributed by atoms with Crippen molar-refractivity contribution in [3.05, 3.63) is 86.9 Å². The van der Waals surface area contributed by atoms with E-state index in [1.54, 1.807) is 11.3 Å². The minimum atomic E-state index is -4.52. The van der Waals surface area contributed by atoms with Gasteiger partial charge in [-0.2, -0.15) is 13.2 Å². The summed E-state index contributed by atoms with van der Waals surface area (Å²) in [5, 5.41) is 15.2. The van der Waals surface area contributed by atoms with E-state index in [-0.39, 0.29) is 16.2 Å². The van der Waals surface area contributed by atoms with E-state index < -0.39 is 23.4 Å².